The number of hydrogen-bond acceptors (Lipinski definition) is 3. The smallest absolute Gasteiger partial charge is 0.102 e. The van der Waals surface area contributed by atoms with E-state index in [0.717, 1.165) is 31.2 Å². The van der Waals surface area contributed by atoms with Gasteiger partial charge in [0.25, 0.3) is 0 Å². The highest BCUT2D eigenvalue weighted by molar-refractivity contribution is 5.35. The van der Waals surface area contributed by atoms with Crippen molar-refractivity contribution in [2.45, 2.75) is 44.2 Å². The molecule has 0 saturated carbocycles. The summed E-state index contributed by atoms with van der Waals surface area (Å²) < 4.78 is 5.19. The van der Waals surface area contributed by atoms with Gasteiger partial charge in [-0.2, -0.15) is 0 Å². The number of hydrogen-bond donors (Lipinski definition) is 2. The summed E-state index contributed by atoms with van der Waals surface area (Å²) in [6.07, 6.45) is 3.97. The Bertz CT molecular complexity index is 407. The van der Waals surface area contributed by atoms with Crippen LogP contribution in [0, 0.1) is 0 Å². The predicted octanol–water partition coefficient (Wildman–Crippen LogP) is 2.23. The van der Waals surface area contributed by atoms with Crippen molar-refractivity contribution < 1.29 is 9.84 Å². The van der Waals surface area contributed by atoms with Crippen molar-refractivity contribution in [1.82, 2.24) is 5.32 Å². The first-order valence-electron chi connectivity index (χ1n) is 7.22. The molecule has 0 heterocycles. The molecule has 1 aromatic carbocycles. The Kier molecular flexibility index (Phi) is 4.97. The third kappa shape index (κ3) is 3.35. The summed E-state index contributed by atoms with van der Waals surface area (Å²) in [4.78, 5) is 0. The molecular weight excluding hydrogens is 238 g/mol. The maximum atomic E-state index is 10.9. The van der Waals surface area contributed by atoms with Gasteiger partial charge in [0.15, 0.2) is 0 Å². The Labute approximate surface area is 116 Å². The first-order chi connectivity index (χ1) is 9.19. The Morgan fingerprint density at radius 1 is 1.42 bits per heavy atom. The average Bonchev–Trinajstić information content (AvgIpc) is 2.44. The van der Waals surface area contributed by atoms with E-state index in [4.69, 9.17) is 4.74 Å². The van der Waals surface area contributed by atoms with Gasteiger partial charge >= 0.3 is 0 Å². The summed E-state index contributed by atoms with van der Waals surface area (Å²) >= 11 is 0. The summed E-state index contributed by atoms with van der Waals surface area (Å²) in [5.41, 5.74) is 1.66. The number of nitrogens with one attached hydrogen (secondary N) is 1. The third-order valence-corrected chi connectivity index (χ3v) is 4.10. The second-order valence-electron chi connectivity index (χ2n) is 5.48. The van der Waals surface area contributed by atoms with E-state index >= 15 is 0 Å². The van der Waals surface area contributed by atoms with Crippen molar-refractivity contribution in [3.63, 3.8) is 0 Å². The fourth-order valence-corrected chi connectivity index (χ4v) is 2.92. The molecule has 0 spiro atoms. The lowest BCUT2D eigenvalue weighted by atomic mass is 9.79. The minimum absolute atomic E-state index is 0.308. The normalized spacial score (nSPS) is 23.9. The fraction of sp³-hybridized carbons (Fsp3) is 0.625. The van der Waals surface area contributed by atoms with Gasteiger partial charge < -0.3 is 15.2 Å². The number of benzene rings is 1. The monoisotopic (exact) mass is 263 g/mol. The molecule has 106 valence electrons. The molecule has 0 fully saturated rings. The van der Waals surface area contributed by atoms with Crippen LogP contribution in [0.2, 0.25) is 0 Å². The third-order valence-electron chi connectivity index (χ3n) is 4.10. The van der Waals surface area contributed by atoms with Gasteiger partial charge in [-0.25, -0.2) is 0 Å². The molecule has 0 aromatic heterocycles. The van der Waals surface area contributed by atoms with Gasteiger partial charge in [0.05, 0.1) is 6.61 Å². The molecule has 1 aromatic rings. The van der Waals surface area contributed by atoms with E-state index in [1.807, 2.05) is 6.07 Å². The van der Waals surface area contributed by atoms with Crippen LogP contribution in [0.4, 0.5) is 0 Å². The van der Waals surface area contributed by atoms with E-state index in [0.29, 0.717) is 19.2 Å². The lowest BCUT2D eigenvalue weighted by Crippen LogP contribution is -2.45. The molecule has 0 saturated heterocycles. The zero-order valence-electron chi connectivity index (χ0n) is 12.0. The van der Waals surface area contributed by atoms with Crippen molar-refractivity contribution in [2.24, 2.45) is 0 Å². The lowest BCUT2D eigenvalue weighted by molar-refractivity contribution is 0.0134. The lowest BCUT2D eigenvalue weighted by Gasteiger charge is -2.36. The Balaban J connectivity index is 2.07. The van der Waals surface area contributed by atoms with E-state index in [-0.39, 0.29) is 0 Å². The molecule has 2 N–H and O–H groups in total. The number of rotatable bonds is 6. The van der Waals surface area contributed by atoms with Crippen molar-refractivity contribution in [3.8, 4) is 0 Å². The maximum Gasteiger partial charge on any atom is 0.102 e. The molecule has 19 heavy (non-hydrogen) atoms. The summed E-state index contributed by atoms with van der Waals surface area (Å²) in [6.45, 7) is 3.43. The number of aliphatic hydroxyl groups is 1. The molecule has 0 aliphatic heterocycles. The minimum atomic E-state index is -0.726. The molecule has 1 aliphatic rings. The van der Waals surface area contributed by atoms with Crippen LogP contribution in [0.15, 0.2) is 24.3 Å². The molecule has 0 bridgehead atoms. The topological polar surface area (TPSA) is 41.5 Å². The van der Waals surface area contributed by atoms with Crippen LogP contribution < -0.4 is 5.32 Å². The summed E-state index contributed by atoms with van der Waals surface area (Å²) in [7, 11) is 1.72. The van der Waals surface area contributed by atoms with Gasteiger partial charge in [-0.1, -0.05) is 31.2 Å². The van der Waals surface area contributed by atoms with Gasteiger partial charge in [-0.05, 0) is 36.8 Å². The zero-order chi connectivity index (χ0) is 13.7. The van der Waals surface area contributed by atoms with Gasteiger partial charge in [-0.3, -0.25) is 0 Å². The predicted molar refractivity (Wildman–Crippen MR) is 77.2 cm³/mol. The van der Waals surface area contributed by atoms with Crippen LogP contribution in [-0.2, 0) is 16.8 Å². The first kappa shape index (κ1) is 14.5. The number of aryl methyl sites for hydroxylation is 1. The molecule has 3 heteroatoms. The Hall–Kier alpha value is -0.900. The van der Waals surface area contributed by atoms with Crippen LogP contribution in [0.1, 0.15) is 37.3 Å². The van der Waals surface area contributed by atoms with Crippen LogP contribution in [0.5, 0.6) is 0 Å². The van der Waals surface area contributed by atoms with Crippen LogP contribution in [0.3, 0.4) is 0 Å². The highest BCUT2D eigenvalue weighted by Crippen LogP contribution is 2.34. The number of ether oxygens (including phenoxy) is 1. The van der Waals surface area contributed by atoms with E-state index in [1.165, 1.54) is 5.56 Å². The molecule has 3 nitrogen and oxygen atoms in total. The number of methoxy groups -OCH3 is 1. The van der Waals surface area contributed by atoms with Crippen LogP contribution >= 0.6 is 0 Å². The van der Waals surface area contributed by atoms with Crippen molar-refractivity contribution in [1.29, 1.82) is 0 Å². The molecule has 2 unspecified atom stereocenters. The summed E-state index contributed by atoms with van der Waals surface area (Å²) in [5.74, 6) is 0. The first-order valence-corrected chi connectivity index (χ1v) is 7.22. The Morgan fingerprint density at radius 2 is 2.21 bits per heavy atom. The number of fused-ring (bicyclic) bond motifs is 1. The quantitative estimate of drug-likeness (QED) is 0.827. The van der Waals surface area contributed by atoms with E-state index < -0.39 is 5.60 Å². The SMILES string of the molecule is CCC(COC)NCC1(O)CCCc2ccccc21. The van der Waals surface area contributed by atoms with E-state index in [2.05, 4.69) is 30.4 Å². The van der Waals surface area contributed by atoms with Gasteiger partial charge in [0, 0.05) is 19.7 Å². The van der Waals surface area contributed by atoms with Gasteiger partial charge in [-0.15, -0.1) is 0 Å². The second kappa shape index (κ2) is 6.51. The second-order valence-corrected chi connectivity index (χ2v) is 5.48. The van der Waals surface area contributed by atoms with Crippen LogP contribution in [-0.4, -0.2) is 31.4 Å². The van der Waals surface area contributed by atoms with Crippen LogP contribution in [0.25, 0.3) is 0 Å². The van der Waals surface area contributed by atoms with Gasteiger partial charge in [0.1, 0.15) is 5.60 Å². The standard InChI is InChI=1S/C16H25NO2/c1-3-14(11-19-2)17-12-16(18)10-6-8-13-7-4-5-9-15(13)16/h4-5,7,9,14,17-18H,3,6,8,10-12H2,1-2H3. The van der Waals surface area contributed by atoms with E-state index in [9.17, 15) is 5.11 Å². The van der Waals surface area contributed by atoms with Crippen molar-refractivity contribution in [2.75, 3.05) is 20.3 Å². The van der Waals surface area contributed by atoms with Crippen molar-refractivity contribution >= 4 is 0 Å². The molecule has 2 rings (SSSR count). The molecular formula is C16H25NO2. The minimum Gasteiger partial charge on any atom is -0.384 e. The molecule has 0 amide bonds. The zero-order valence-corrected chi connectivity index (χ0v) is 12.0. The molecule has 0 radical (unpaired) electrons. The fourth-order valence-electron chi connectivity index (χ4n) is 2.92. The summed E-state index contributed by atoms with van der Waals surface area (Å²) in [5, 5.41) is 14.4. The average molecular weight is 263 g/mol. The molecule has 2 atom stereocenters. The van der Waals surface area contributed by atoms with E-state index in [1.54, 1.807) is 7.11 Å². The van der Waals surface area contributed by atoms with Crippen molar-refractivity contribution in [3.05, 3.63) is 35.4 Å². The van der Waals surface area contributed by atoms with Gasteiger partial charge in [0.2, 0.25) is 0 Å². The highest BCUT2D eigenvalue weighted by atomic mass is 16.5. The highest BCUT2D eigenvalue weighted by Gasteiger charge is 2.34. The largest absolute Gasteiger partial charge is 0.384 e. The Morgan fingerprint density at radius 3 is 2.95 bits per heavy atom. The summed E-state index contributed by atoms with van der Waals surface area (Å²) in [6, 6.07) is 8.57. The maximum absolute atomic E-state index is 10.9. The molecule has 1 aliphatic carbocycles.